The molecule has 13 heteroatoms. The van der Waals surface area contributed by atoms with Gasteiger partial charge in [0.05, 0.1) is 24.4 Å². The number of methoxy groups -OCH3 is 4. The summed E-state index contributed by atoms with van der Waals surface area (Å²) in [6.07, 6.45) is -5.45. The zero-order valence-corrected chi connectivity index (χ0v) is 29.2. The first-order chi connectivity index (χ1) is 23.4. The third kappa shape index (κ3) is 4.21. The number of piperidine rings is 1. The summed E-state index contributed by atoms with van der Waals surface area (Å²) in [6.45, 7) is 5.99. The van der Waals surface area contributed by atoms with Crippen molar-refractivity contribution < 1.29 is 57.8 Å². The van der Waals surface area contributed by atoms with Crippen molar-refractivity contribution in [3.05, 3.63) is 35.9 Å². The van der Waals surface area contributed by atoms with E-state index in [4.69, 9.17) is 33.2 Å². The van der Waals surface area contributed by atoms with E-state index in [0.717, 1.165) is 0 Å². The highest BCUT2D eigenvalue weighted by Gasteiger charge is 2.92. The van der Waals surface area contributed by atoms with Gasteiger partial charge in [-0.25, -0.2) is 4.79 Å². The molecule has 6 aliphatic rings. The fraction of sp³-hybridized carbons (Fsp3) is 0.750. The first kappa shape index (κ1) is 34.8. The van der Waals surface area contributed by atoms with Crippen molar-refractivity contribution in [1.29, 1.82) is 0 Å². The molecule has 1 aromatic rings. The Morgan fingerprint density at radius 1 is 0.918 bits per heavy atom. The lowest BCUT2D eigenvalue weighted by atomic mass is 9.42. The number of aliphatic hydroxyl groups excluding tert-OH is 1. The van der Waals surface area contributed by atoms with Crippen molar-refractivity contribution in [3.8, 4) is 0 Å². The minimum Gasteiger partial charge on any atom is -0.462 e. The van der Waals surface area contributed by atoms with Crippen LogP contribution < -0.4 is 0 Å². The molecular formula is C36H49NO12. The number of aliphatic hydroxyl groups is 2. The molecule has 0 amide bonds. The molecule has 15 atom stereocenters. The number of carbonyl (C=O) groups excluding carboxylic acids is 3. The van der Waals surface area contributed by atoms with Crippen LogP contribution in [-0.2, 0) is 42.7 Å². The maximum Gasteiger partial charge on any atom is 0.338 e. The molecular weight excluding hydrogens is 638 g/mol. The summed E-state index contributed by atoms with van der Waals surface area (Å²) in [5.74, 6) is -4.24. The largest absolute Gasteiger partial charge is 0.462 e. The molecule has 49 heavy (non-hydrogen) atoms. The van der Waals surface area contributed by atoms with E-state index in [1.807, 2.05) is 6.92 Å². The quantitative estimate of drug-likeness (QED) is 0.267. The van der Waals surface area contributed by atoms with Crippen molar-refractivity contribution in [2.24, 2.45) is 34.5 Å². The molecule has 1 saturated heterocycles. The fourth-order valence-electron chi connectivity index (χ4n) is 12.7. The van der Waals surface area contributed by atoms with E-state index in [2.05, 4.69) is 4.90 Å². The van der Waals surface area contributed by atoms with E-state index < -0.39 is 100 Å². The van der Waals surface area contributed by atoms with E-state index in [1.165, 1.54) is 21.0 Å². The molecule has 2 N–H and O–H groups in total. The van der Waals surface area contributed by atoms with Gasteiger partial charge in [-0.2, -0.15) is 0 Å². The summed E-state index contributed by atoms with van der Waals surface area (Å²) in [6, 6.07) is 8.12. The number of ether oxygens (including phenoxy) is 7. The van der Waals surface area contributed by atoms with Crippen molar-refractivity contribution in [1.82, 2.24) is 4.90 Å². The molecule has 270 valence electrons. The lowest BCUT2D eigenvalue weighted by molar-refractivity contribution is -0.322. The molecule has 5 aliphatic carbocycles. The van der Waals surface area contributed by atoms with Gasteiger partial charge >= 0.3 is 17.9 Å². The van der Waals surface area contributed by atoms with E-state index in [-0.39, 0.29) is 24.6 Å². The van der Waals surface area contributed by atoms with Gasteiger partial charge in [0.2, 0.25) is 0 Å². The second kappa shape index (κ2) is 12.0. The Labute approximate surface area is 286 Å². The number of rotatable bonds is 10. The highest BCUT2D eigenvalue weighted by molar-refractivity contribution is 5.89. The standard InChI is InChI=1S/C36H49NO12/c1-8-37-16-33(17-43-4)22(47-18(2)38)14-23(44-5)35-21-15-34(42)30(48-32(41)20-12-10-9-11-13-20)24(21)36(49-19(3)39,29(40)31(34)46-7)25(28(35)37)26(45-6)27(33)35/h9-13,21-31,40,42H,8,14-17H2,1-7H3/t21-,22-,23+,24-,25?,26+,27-,28?,29+,30?,31+,33+,34+,35?,36-/m1/s1. The number of likely N-dealkylation sites (tertiary alicyclic amines) is 1. The van der Waals surface area contributed by atoms with E-state index in [1.54, 1.807) is 51.7 Å². The van der Waals surface area contributed by atoms with Gasteiger partial charge in [-0.15, -0.1) is 0 Å². The molecule has 0 aromatic heterocycles. The molecule has 1 spiro atoms. The number of fused-ring (bicyclic) bond motifs is 2. The first-order valence-corrected chi connectivity index (χ1v) is 17.2. The minimum absolute atomic E-state index is 0.0534. The molecule has 7 rings (SSSR count). The Balaban J connectivity index is 1.53. The summed E-state index contributed by atoms with van der Waals surface area (Å²) in [7, 11) is 6.25. The molecule has 1 aromatic carbocycles. The molecule has 13 nitrogen and oxygen atoms in total. The highest BCUT2D eigenvalue weighted by atomic mass is 16.6. The maximum absolute atomic E-state index is 13.8. The zero-order chi connectivity index (χ0) is 35.3. The molecule has 5 saturated carbocycles. The van der Waals surface area contributed by atoms with Crippen molar-refractivity contribution in [2.45, 2.75) is 87.5 Å². The summed E-state index contributed by atoms with van der Waals surface area (Å²) >= 11 is 0. The molecule has 7 bridgehead atoms. The van der Waals surface area contributed by atoms with Crippen LogP contribution in [0.3, 0.4) is 0 Å². The van der Waals surface area contributed by atoms with Crippen LogP contribution in [0.1, 0.15) is 44.0 Å². The fourth-order valence-corrected chi connectivity index (χ4v) is 12.7. The number of esters is 3. The van der Waals surface area contributed by atoms with Gasteiger partial charge in [0.25, 0.3) is 0 Å². The Morgan fingerprint density at radius 2 is 1.63 bits per heavy atom. The van der Waals surface area contributed by atoms with E-state index in [0.29, 0.717) is 19.5 Å². The number of carbonyl (C=O) groups is 3. The zero-order valence-electron chi connectivity index (χ0n) is 29.2. The Morgan fingerprint density at radius 3 is 2.20 bits per heavy atom. The van der Waals surface area contributed by atoms with Gasteiger partial charge in [0.15, 0.2) is 5.60 Å². The van der Waals surface area contributed by atoms with Crippen LogP contribution in [0, 0.1) is 34.5 Å². The Kier molecular flexibility index (Phi) is 8.49. The topological polar surface area (TPSA) is 160 Å². The van der Waals surface area contributed by atoms with Gasteiger partial charge in [-0.1, -0.05) is 25.1 Å². The van der Waals surface area contributed by atoms with Crippen LogP contribution in [0.25, 0.3) is 0 Å². The molecule has 0 radical (unpaired) electrons. The third-order valence-electron chi connectivity index (χ3n) is 13.4. The predicted molar refractivity (Wildman–Crippen MR) is 170 cm³/mol. The monoisotopic (exact) mass is 687 g/mol. The van der Waals surface area contributed by atoms with Crippen molar-refractivity contribution in [2.75, 3.05) is 48.1 Å². The molecule has 4 unspecified atom stereocenters. The van der Waals surface area contributed by atoms with Crippen LogP contribution in [0.4, 0.5) is 0 Å². The van der Waals surface area contributed by atoms with Gasteiger partial charge in [0.1, 0.15) is 30.0 Å². The van der Waals surface area contributed by atoms with Gasteiger partial charge in [-0.05, 0) is 31.0 Å². The summed E-state index contributed by atoms with van der Waals surface area (Å²) in [5, 5.41) is 25.5. The summed E-state index contributed by atoms with van der Waals surface area (Å²) < 4.78 is 43.9. The Hall–Kier alpha value is -2.65. The average molecular weight is 688 g/mol. The molecule has 1 aliphatic heterocycles. The number of hydrogen-bond donors (Lipinski definition) is 2. The second-order valence-corrected chi connectivity index (χ2v) is 15.0. The summed E-state index contributed by atoms with van der Waals surface area (Å²) in [5.41, 5.74) is -4.92. The number of nitrogens with zero attached hydrogens (tertiary/aromatic N) is 1. The van der Waals surface area contributed by atoms with Gasteiger partial charge < -0.3 is 43.4 Å². The molecule has 1 heterocycles. The highest BCUT2D eigenvalue weighted by Crippen LogP contribution is 2.80. The van der Waals surface area contributed by atoms with Crippen LogP contribution >= 0.6 is 0 Å². The second-order valence-electron chi connectivity index (χ2n) is 15.0. The Bertz CT molecular complexity index is 1480. The van der Waals surface area contributed by atoms with Gasteiger partial charge in [0, 0.05) is 89.9 Å². The number of hydrogen-bond acceptors (Lipinski definition) is 13. The van der Waals surface area contributed by atoms with Crippen LogP contribution in [-0.4, -0.2) is 135 Å². The van der Waals surface area contributed by atoms with Crippen LogP contribution in [0.5, 0.6) is 0 Å². The van der Waals surface area contributed by atoms with Crippen LogP contribution in [0.2, 0.25) is 0 Å². The lowest BCUT2D eigenvalue weighted by Gasteiger charge is -2.70. The normalized spacial score (nSPS) is 47.4. The minimum atomic E-state index is -1.86. The van der Waals surface area contributed by atoms with Gasteiger partial charge in [-0.3, -0.25) is 14.5 Å². The number of benzene rings is 1. The smallest absolute Gasteiger partial charge is 0.338 e. The summed E-state index contributed by atoms with van der Waals surface area (Å²) in [4.78, 5) is 42.2. The molecule has 6 fully saturated rings. The predicted octanol–water partition coefficient (Wildman–Crippen LogP) is 1.22. The van der Waals surface area contributed by atoms with Crippen molar-refractivity contribution in [3.63, 3.8) is 0 Å². The van der Waals surface area contributed by atoms with Crippen LogP contribution in [0.15, 0.2) is 30.3 Å². The lowest BCUT2D eigenvalue weighted by Crippen LogP contribution is -2.81. The SMILES string of the molecule is CCN1C[C@]2(COC)[C@H](OC(C)=O)C[C@H](OC)C34C1C([C@H](OC)[C@@H]32)[C@@]1(OC(C)=O)[C@@H](O)[C@H](OC)[C@]2(O)C[C@@H]4[C@@H]1C2OC(=O)c1ccccc1. The van der Waals surface area contributed by atoms with E-state index >= 15 is 0 Å². The average Bonchev–Trinajstić information content (AvgIpc) is 3.44. The maximum atomic E-state index is 13.8. The first-order valence-electron chi connectivity index (χ1n) is 17.2. The third-order valence-corrected chi connectivity index (χ3v) is 13.4. The van der Waals surface area contributed by atoms with Crippen molar-refractivity contribution >= 4 is 17.9 Å². The van der Waals surface area contributed by atoms with E-state index in [9.17, 15) is 24.6 Å².